The van der Waals surface area contributed by atoms with Crippen molar-refractivity contribution in [2.24, 2.45) is 0 Å². The first-order valence-corrected chi connectivity index (χ1v) is 15.9. The van der Waals surface area contributed by atoms with Gasteiger partial charge in [-0.25, -0.2) is 0 Å². The third kappa shape index (κ3) is 3.94. The van der Waals surface area contributed by atoms with Crippen molar-refractivity contribution in [3.05, 3.63) is 151 Å². The summed E-state index contributed by atoms with van der Waals surface area (Å²) in [6, 6.07) is 54.1. The van der Waals surface area contributed by atoms with Gasteiger partial charge >= 0.3 is 0 Å². The van der Waals surface area contributed by atoms with Crippen molar-refractivity contribution in [1.29, 1.82) is 0 Å². The van der Waals surface area contributed by atoms with Crippen molar-refractivity contribution in [3.63, 3.8) is 0 Å². The topological polar surface area (TPSA) is 4.93 Å². The zero-order valence-corrected chi connectivity index (χ0v) is 25.8. The highest BCUT2D eigenvalue weighted by atomic mass is 15.0. The van der Waals surface area contributed by atoms with E-state index in [9.17, 15) is 0 Å². The van der Waals surface area contributed by atoms with Gasteiger partial charge < -0.3 is 4.57 Å². The summed E-state index contributed by atoms with van der Waals surface area (Å²) in [4.78, 5) is 0. The second kappa shape index (κ2) is 9.55. The molecule has 0 atom stereocenters. The molecule has 0 aliphatic carbocycles. The van der Waals surface area contributed by atoms with E-state index >= 15 is 0 Å². The van der Waals surface area contributed by atoms with Gasteiger partial charge in [-0.05, 0) is 95.9 Å². The lowest BCUT2D eigenvalue weighted by molar-refractivity contribution is 0.590. The standard InChI is InChI=1S/C44H33N/c1-44(2,3)32-21-15-28(16-22-32)38-27-39(37-26-20-31-10-8-9-30-19-25-36(38)43(37)42(30)31)29-17-23-33(24-18-29)45-40-13-6-4-11-34(40)35-12-5-7-14-41(35)45/h4-27H,1-3H3. The highest BCUT2D eigenvalue weighted by molar-refractivity contribution is 6.28. The molecular formula is C44H33N. The monoisotopic (exact) mass is 575 g/mol. The Bertz CT molecular complexity index is 2470. The largest absolute Gasteiger partial charge is 0.309 e. The molecule has 45 heavy (non-hydrogen) atoms. The first-order valence-electron chi connectivity index (χ1n) is 15.9. The van der Waals surface area contributed by atoms with Crippen LogP contribution in [0.25, 0.3) is 82.1 Å². The third-order valence-corrected chi connectivity index (χ3v) is 9.72. The molecule has 9 rings (SSSR count). The van der Waals surface area contributed by atoms with Crippen LogP contribution < -0.4 is 0 Å². The van der Waals surface area contributed by atoms with E-state index in [1.54, 1.807) is 0 Å². The van der Waals surface area contributed by atoms with Gasteiger partial charge in [0.1, 0.15) is 0 Å². The first-order chi connectivity index (χ1) is 22.0. The smallest absolute Gasteiger partial charge is 0.0541 e. The van der Waals surface area contributed by atoms with E-state index in [0.29, 0.717) is 0 Å². The Hall–Kier alpha value is -5.40. The van der Waals surface area contributed by atoms with Crippen LogP contribution in [0.15, 0.2) is 146 Å². The van der Waals surface area contributed by atoms with Crippen LogP contribution in [-0.4, -0.2) is 4.57 Å². The Labute approximate surface area is 263 Å². The molecule has 0 fully saturated rings. The van der Waals surface area contributed by atoms with Gasteiger partial charge in [0.15, 0.2) is 0 Å². The Kier molecular flexibility index (Phi) is 5.53. The van der Waals surface area contributed by atoms with Gasteiger partial charge in [-0.1, -0.05) is 136 Å². The normalized spacial score (nSPS) is 12.3. The molecule has 1 heteroatoms. The number of aromatic nitrogens is 1. The number of nitrogens with zero attached hydrogens (tertiary/aromatic N) is 1. The number of fused-ring (bicyclic) bond motifs is 3. The molecule has 0 amide bonds. The molecule has 1 heterocycles. The maximum atomic E-state index is 2.42. The molecule has 0 N–H and O–H groups in total. The van der Waals surface area contributed by atoms with E-state index in [1.165, 1.54) is 87.6 Å². The molecule has 1 nitrogen and oxygen atoms in total. The van der Waals surface area contributed by atoms with E-state index in [2.05, 4.69) is 171 Å². The van der Waals surface area contributed by atoms with Crippen molar-refractivity contribution in [2.75, 3.05) is 0 Å². The summed E-state index contributed by atoms with van der Waals surface area (Å²) in [5, 5.41) is 10.5. The van der Waals surface area contributed by atoms with Crippen LogP contribution in [0.3, 0.4) is 0 Å². The molecule has 0 spiro atoms. The van der Waals surface area contributed by atoms with Crippen LogP contribution in [0, 0.1) is 0 Å². The zero-order chi connectivity index (χ0) is 30.3. The molecule has 0 unspecified atom stereocenters. The summed E-state index contributed by atoms with van der Waals surface area (Å²) in [7, 11) is 0. The van der Waals surface area contributed by atoms with Crippen molar-refractivity contribution in [2.45, 2.75) is 26.2 Å². The molecule has 9 aromatic rings. The molecule has 0 saturated carbocycles. The van der Waals surface area contributed by atoms with Crippen LogP contribution in [0.2, 0.25) is 0 Å². The fourth-order valence-corrected chi connectivity index (χ4v) is 7.45. The van der Waals surface area contributed by atoms with Crippen molar-refractivity contribution < 1.29 is 0 Å². The number of benzene rings is 8. The lowest BCUT2D eigenvalue weighted by Gasteiger charge is -2.21. The highest BCUT2D eigenvalue weighted by Gasteiger charge is 2.19. The van der Waals surface area contributed by atoms with E-state index in [-0.39, 0.29) is 5.41 Å². The average Bonchev–Trinajstić information content (AvgIpc) is 3.41. The third-order valence-electron chi connectivity index (χ3n) is 9.72. The number of rotatable bonds is 3. The summed E-state index contributed by atoms with van der Waals surface area (Å²) >= 11 is 0. The van der Waals surface area contributed by atoms with Gasteiger partial charge in [0.25, 0.3) is 0 Å². The molecule has 214 valence electrons. The second-order valence-electron chi connectivity index (χ2n) is 13.4. The summed E-state index contributed by atoms with van der Waals surface area (Å²) in [5.41, 5.74) is 10.1. The highest BCUT2D eigenvalue weighted by Crippen LogP contribution is 2.44. The average molecular weight is 576 g/mol. The Morgan fingerprint density at radius 1 is 0.422 bits per heavy atom. The molecule has 0 radical (unpaired) electrons. The number of hydrogen-bond donors (Lipinski definition) is 0. The maximum absolute atomic E-state index is 2.42. The molecular weight excluding hydrogens is 542 g/mol. The summed E-state index contributed by atoms with van der Waals surface area (Å²) in [5.74, 6) is 0. The minimum absolute atomic E-state index is 0.116. The fraction of sp³-hybridized carbons (Fsp3) is 0.0909. The quantitative estimate of drug-likeness (QED) is 0.185. The minimum atomic E-state index is 0.116. The van der Waals surface area contributed by atoms with Gasteiger partial charge in [0.05, 0.1) is 11.0 Å². The van der Waals surface area contributed by atoms with Crippen LogP contribution in [-0.2, 0) is 5.41 Å². The SMILES string of the molecule is CC(C)(C)c1ccc(-c2cc(-c3ccc(-n4c5ccccc5c5ccccc54)cc3)c3ccc4cccc5ccc2c3c45)cc1. The number of para-hydroxylation sites is 2. The molecule has 0 aliphatic rings. The molecule has 0 bridgehead atoms. The number of hydrogen-bond acceptors (Lipinski definition) is 0. The summed E-state index contributed by atoms with van der Waals surface area (Å²) in [6.45, 7) is 6.83. The Morgan fingerprint density at radius 3 is 1.47 bits per heavy atom. The van der Waals surface area contributed by atoms with Gasteiger partial charge in [0.2, 0.25) is 0 Å². The minimum Gasteiger partial charge on any atom is -0.309 e. The van der Waals surface area contributed by atoms with Crippen LogP contribution in [0.4, 0.5) is 0 Å². The lowest BCUT2D eigenvalue weighted by atomic mass is 9.83. The second-order valence-corrected chi connectivity index (χ2v) is 13.4. The van der Waals surface area contributed by atoms with Gasteiger partial charge in [0, 0.05) is 16.5 Å². The Morgan fingerprint density at radius 2 is 0.933 bits per heavy atom. The van der Waals surface area contributed by atoms with Crippen LogP contribution >= 0.6 is 0 Å². The van der Waals surface area contributed by atoms with Crippen LogP contribution in [0.1, 0.15) is 26.3 Å². The van der Waals surface area contributed by atoms with Crippen molar-refractivity contribution in [3.8, 4) is 27.9 Å². The van der Waals surface area contributed by atoms with Gasteiger partial charge in [-0.2, -0.15) is 0 Å². The predicted octanol–water partition coefficient (Wildman–Crippen LogP) is 12.3. The fourth-order valence-electron chi connectivity index (χ4n) is 7.45. The van der Waals surface area contributed by atoms with Gasteiger partial charge in [-0.3, -0.25) is 0 Å². The van der Waals surface area contributed by atoms with Crippen LogP contribution in [0.5, 0.6) is 0 Å². The Balaban J connectivity index is 1.28. The van der Waals surface area contributed by atoms with Crippen molar-refractivity contribution >= 4 is 54.1 Å². The summed E-state index contributed by atoms with van der Waals surface area (Å²) in [6.07, 6.45) is 0. The molecule has 0 saturated heterocycles. The predicted molar refractivity (Wildman–Crippen MR) is 194 cm³/mol. The van der Waals surface area contributed by atoms with E-state index in [1.807, 2.05) is 0 Å². The maximum Gasteiger partial charge on any atom is 0.0541 e. The van der Waals surface area contributed by atoms with Gasteiger partial charge in [-0.15, -0.1) is 0 Å². The van der Waals surface area contributed by atoms with E-state index in [0.717, 1.165) is 0 Å². The first kappa shape index (κ1) is 26.0. The molecule has 0 aliphatic heterocycles. The molecule has 1 aromatic heterocycles. The van der Waals surface area contributed by atoms with E-state index in [4.69, 9.17) is 0 Å². The van der Waals surface area contributed by atoms with E-state index < -0.39 is 0 Å². The zero-order valence-electron chi connectivity index (χ0n) is 25.8. The lowest BCUT2D eigenvalue weighted by Crippen LogP contribution is -2.10. The van der Waals surface area contributed by atoms with Crippen molar-refractivity contribution in [1.82, 2.24) is 4.57 Å². The summed E-state index contributed by atoms with van der Waals surface area (Å²) < 4.78 is 2.39. The molecule has 8 aromatic carbocycles.